The summed E-state index contributed by atoms with van der Waals surface area (Å²) in [5.41, 5.74) is 20.7. The Labute approximate surface area is 413 Å². The summed E-state index contributed by atoms with van der Waals surface area (Å²) in [7, 11) is 0. The summed E-state index contributed by atoms with van der Waals surface area (Å²) in [6.07, 6.45) is 12.5. The Morgan fingerprint density at radius 3 is 1.49 bits per heavy atom. The number of hydrogen-bond acceptors (Lipinski definition) is 4. The molecule has 0 N–H and O–H groups in total. The van der Waals surface area contributed by atoms with Crippen LogP contribution in [-0.4, -0.2) is 15.0 Å². The van der Waals surface area contributed by atoms with Gasteiger partial charge in [-0.25, -0.2) is 8.78 Å². The Morgan fingerprint density at radius 2 is 0.901 bits per heavy atom. The molecule has 0 aliphatic heterocycles. The lowest BCUT2D eigenvalue weighted by Crippen LogP contribution is -1.98. The quantitative estimate of drug-likeness (QED) is 0.116. The molecular weight excluding hydrogens is 875 g/mol. The van der Waals surface area contributed by atoms with E-state index in [9.17, 15) is 14.0 Å². The van der Waals surface area contributed by atoms with Gasteiger partial charge in [-0.1, -0.05) is 140 Å². The molecule has 6 heteroatoms. The summed E-state index contributed by atoms with van der Waals surface area (Å²) in [6.45, 7) is 0. The van der Waals surface area contributed by atoms with E-state index in [1.54, 1.807) is 6.07 Å². The summed E-state index contributed by atoms with van der Waals surface area (Å²) in [6, 6.07) is 66.0. The van der Waals surface area contributed by atoms with Crippen molar-refractivity contribution in [3.05, 3.63) is 257 Å². The summed E-state index contributed by atoms with van der Waals surface area (Å²) >= 11 is 0. The van der Waals surface area contributed by atoms with Gasteiger partial charge in [0.05, 0.1) is 17.1 Å². The third kappa shape index (κ3) is 9.82. The number of aryl methyl sites for hydroxylation is 6. The Morgan fingerprint density at radius 1 is 0.380 bits per heavy atom. The summed E-state index contributed by atoms with van der Waals surface area (Å²) in [5, 5.41) is 9.29. The molecule has 4 nitrogen and oxygen atoms in total. The molecule has 342 valence electrons. The average Bonchev–Trinajstić information content (AvgIpc) is 3.91. The van der Waals surface area contributed by atoms with Gasteiger partial charge in [0.15, 0.2) is 0 Å². The van der Waals surface area contributed by atoms with Gasteiger partial charge < -0.3 is 0 Å². The molecule has 0 fully saturated rings. The largest absolute Gasteiger partial charge is 0.256 e. The summed E-state index contributed by atoms with van der Waals surface area (Å²) in [4.78, 5) is 14.0. The SMILES string of the molecule is N#Cc1c(F)cc(-c2ccc(-c3cc(-c4cc5c(cn4)CCC5)ccc3-c3ccccc3-c3cc(CCc4ccc(-c5ccccn5)cc4)cc(CCc4ccc(-c5ccccn5)cc4)c3)cc2)cc1F. The first-order valence-corrected chi connectivity index (χ1v) is 24.3. The van der Waals surface area contributed by atoms with Gasteiger partial charge in [-0.15, -0.1) is 0 Å². The van der Waals surface area contributed by atoms with Crippen molar-refractivity contribution in [2.45, 2.75) is 44.9 Å². The number of nitrogens with zero attached hydrogens (tertiary/aromatic N) is 4. The van der Waals surface area contributed by atoms with Crippen LogP contribution < -0.4 is 0 Å². The molecule has 10 aromatic rings. The molecule has 0 atom stereocenters. The minimum absolute atomic E-state index is 0.367. The predicted octanol–water partition coefficient (Wildman–Crippen LogP) is 15.7. The minimum atomic E-state index is -0.877. The minimum Gasteiger partial charge on any atom is -0.256 e. The van der Waals surface area contributed by atoms with Gasteiger partial charge in [-0.2, -0.15) is 5.26 Å². The van der Waals surface area contributed by atoms with E-state index in [2.05, 4.69) is 125 Å². The smallest absolute Gasteiger partial charge is 0.144 e. The van der Waals surface area contributed by atoms with Gasteiger partial charge >= 0.3 is 0 Å². The van der Waals surface area contributed by atoms with Crippen LogP contribution in [-0.2, 0) is 38.5 Å². The normalized spacial score (nSPS) is 11.8. The lowest BCUT2D eigenvalue weighted by molar-refractivity contribution is 0.577. The van der Waals surface area contributed by atoms with E-state index in [1.165, 1.54) is 45.5 Å². The molecule has 0 bridgehead atoms. The Hall–Kier alpha value is -8.66. The lowest BCUT2D eigenvalue weighted by atomic mass is 9.86. The molecule has 0 unspecified atom stereocenters. The van der Waals surface area contributed by atoms with Crippen LogP contribution in [0.1, 0.15) is 45.4 Å². The van der Waals surface area contributed by atoms with Crippen LogP contribution in [0, 0.1) is 23.0 Å². The fourth-order valence-corrected chi connectivity index (χ4v) is 9.98. The molecule has 0 amide bonds. The van der Waals surface area contributed by atoms with E-state index in [0.29, 0.717) is 11.1 Å². The van der Waals surface area contributed by atoms with Crippen LogP contribution in [0.4, 0.5) is 8.78 Å². The first-order valence-electron chi connectivity index (χ1n) is 24.3. The zero-order valence-corrected chi connectivity index (χ0v) is 39.1. The van der Waals surface area contributed by atoms with Crippen molar-refractivity contribution < 1.29 is 8.78 Å². The van der Waals surface area contributed by atoms with E-state index in [0.717, 1.165) is 112 Å². The van der Waals surface area contributed by atoms with Gasteiger partial charge in [0.25, 0.3) is 0 Å². The maximum absolute atomic E-state index is 14.8. The molecule has 7 aromatic carbocycles. The van der Waals surface area contributed by atoms with Crippen LogP contribution >= 0.6 is 0 Å². The maximum Gasteiger partial charge on any atom is 0.144 e. The first-order chi connectivity index (χ1) is 34.9. The predicted molar refractivity (Wildman–Crippen MR) is 282 cm³/mol. The zero-order valence-electron chi connectivity index (χ0n) is 39.1. The number of pyridine rings is 3. The highest BCUT2D eigenvalue weighted by Gasteiger charge is 2.19. The molecule has 11 rings (SSSR count). The van der Waals surface area contributed by atoms with Crippen molar-refractivity contribution in [3.63, 3.8) is 0 Å². The van der Waals surface area contributed by atoms with Crippen LogP contribution in [0.25, 0.3) is 78.3 Å². The molecule has 71 heavy (non-hydrogen) atoms. The topological polar surface area (TPSA) is 62.5 Å². The van der Waals surface area contributed by atoms with E-state index in [4.69, 9.17) is 4.98 Å². The van der Waals surface area contributed by atoms with E-state index >= 15 is 0 Å². The highest BCUT2D eigenvalue weighted by Crippen LogP contribution is 2.42. The van der Waals surface area contributed by atoms with Crippen molar-refractivity contribution in [2.24, 2.45) is 0 Å². The third-order valence-corrected chi connectivity index (χ3v) is 13.8. The Kier molecular flexibility index (Phi) is 12.7. The second kappa shape index (κ2) is 20.1. The third-order valence-electron chi connectivity index (χ3n) is 13.8. The second-order valence-electron chi connectivity index (χ2n) is 18.4. The number of benzene rings is 7. The molecule has 0 radical (unpaired) electrons. The number of hydrogen-bond donors (Lipinski definition) is 0. The standard InChI is InChI=1S/C65H48F2N4/c66-61-38-54(39-62(67)60(61)41-68)47-26-28-48(29-27-47)59-37-52(65-40-51-8-7-9-53(51)42-71-65)30-31-58(59)57-11-2-1-10-56(57)55-35-45(16-14-43-18-22-49(23-19-43)63-12-3-5-32-69-63)34-46(36-55)17-15-44-20-24-50(25-21-44)64-13-4-6-33-70-64/h1-6,10-13,18-40,42H,7-9,14-17H2. The molecular formula is C65H48F2N4. The van der Waals surface area contributed by atoms with Crippen LogP contribution in [0.5, 0.6) is 0 Å². The first kappa shape index (κ1) is 44.8. The molecule has 0 spiro atoms. The van der Waals surface area contributed by atoms with E-state index in [1.807, 2.05) is 79.3 Å². The van der Waals surface area contributed by atoms with Gasteiger partial charge in [-0.05, 0) is 171 Å². The second-order valence-corrected chi connectivity index (χ2v) is 18.4. The lowest BCUT2D eigenvalue weighted by Gasteiger charge is -2.18. The molecule has 3 aromatic heterocycles. The number of nitriles is 1. The molecule has 0 saturated carbocycles. The number of halogens is 2. The Bertz CT molecular complexity index is 3440. The van der Waals surface area contributed by atoms with Crippen molar-refractivity contribution >= 4 is 0 Å². The number of rotatable bonds is 13. The van der Waals surface area contributed by atoms with Gasteiger partial charge in [0.2, 0.25) is 0 Å². The highest BCUT2D eigenvalue weighted by atomic mass is 19.1. The van der Waals surface area contributed by atoms with Crippen LogP contribution in [0.2, 0.25) is 0 Å². The number of aromatic nitrogens is 3. The summed E-state index contributed by atoms with van der Waals surface area (Å²) < 4.78 is 29.6. The summed E-state index contributed by atoms with van der Waals surface area (Å²) in [5.74, 6) is -1.75. The fourth-order valence-electron chi connectivity index (χ4n) is 9.98. The van der Waals surface area contributed by atoms with Crippen LogP contribution in [0.3, 0.4) is 0 Å². The van der Waals surface area contributed by atoms with E-state index in [-0.39, 0.29) is 0 Å². The Balaban J connectivity index is 0.968. The highest BCUT2D eigenvalue weighted by molar-refractivity contribution is 5.94. The molecule has 1 aliphatic carbocycles. The maximum atomic E-state index is 14.8. The monoisotopic (exact) mass is 922 g/mol. The van der Waals surface area contributed by atoms with Crippen molar-refractivity contribution in [3.8, 4) is 84.3 Å². The van der Waals surface area contributed by atoms with Gasteiger partial charge in [0, 0.05) is 35.3 Å². The zero-order chi connectivity index (χ0) is 48.1. The van der Waals surface area contributed by atoms with Gasteiger partial charge in [-0.3, -0.25) is 15.0 Å². The molecule has 0 saturated heterocycles. The van der Waals surface area contributed by atoms with E-state index < -0.39 is 17.2 Å². The van der Waals surface area contributed by atoms with Crippen molar-refractivity contribution in [1.82, 2.24) is 15.0 Å². The number of fused-ring (bicyclic) bond motifs is 1. The van der Waals surface area contributed by atoms with Gasteiger partial charge in [0.1, 0.15) is 23.3 Å². The van der Waals surface area contributed by atoms with Crippen molar-refractivity contribution in [2.75, 3.05) is 0 Å². The van der Waals surface area contributed by atoms with Crippen LogP contribution in [0.15, 0.2) is 207 Å². The fraction of sp³-hybridized carbons (Fsp3) is 0.108. The molecule has 1 aliphatic rings. The van der Waals surface area contributed by atoms with Crippen molar-refractivity contribution in [1.29, 1.82) is 5.26 Å². The molecule has 3 heterocycles. The average molecular weight is 923 g/mol.